The first-order valence-electron chi connectivity index (χ1n) is 7.12. The summed E-state index contributed by atoms with van der Waals surface area (Å²) in [5.41, 5.74) is 0.430. The average Bonchev–Trinajstić information content (AvgIpc) is 3.18. The number of alkyl halides is 3. The molecular weight excluding hydrogens is 341 g/mol. The number of aromatic amines is 1. The zero-order valence-corrected chi connectivity index (χ0v) is 12.3. The van der Waals surface area contributed by atoms with Crippen LogP contribution in [0.5, 0.6) is 0 Å². The molecule has 0 fully saturated rings. The molecule has 0 aliphatic heterocycles. The molecule has 0 aromatic carbocycles. The zero-order valence-electron chi connectivity index (χ0n) is 12.3. The second kappa shape index (κ2) is 5.13. The third-order valence-electron chi connectivity index (χ3n) is 3.90. The van der Waals surface area contributed by atoms with Crippen LogP contribution in [-0.4, -0.2) is 35.9 Å². The first-order valence-corrected chi connectivity index (χ1v) is 7.12. The molecule has 128 valence electrons. The number of hydrogen-bond acceptors (Lipinski definition) is 6. The summed E-state index contributed by atoms with van der Waals surface area (Å²) >= 11 is 0. The van der Waals surface area contributed by atoms with Gasteiger partial charge in [-0.15, -0.1) is 0 Å². The van der Waals surface area contributed by atoms with Crippen LogP contribution in [0.4, 0.5) is 13.2 Å². The van der Waals surface area contributed by atoms with Gasteiger partial charge in [0.15, 0.2) is 0 Å². The van der Waals surface area contributed by atoms with E-state index in [1.807, 2.05) is 0 Å². The van der Waals surface area contributed by atoms with Gasteiger partial charge in [0.1, 0.15) is 11.4 Å². The molecule has 3 heterocycles. The van der Waals surface area contributed by atoms with E-state index in [4.69, 9.17) is 0 Å². The number of aromatic nitrogens is 6. The number of rotatable bonds is 2. The summed E-state index contributed by atoms with van der Waals surface area (Å²) in [7, 11) is 0. The molecule has 3 aromatic rings. The van der Waals surface area contributed by atoms with E-state index in [1.165, 1.54) is 6.20 Å². The molecule has 0 spiro atoms. The molecule has 1 aliphatic carbocycles. The molecule has 0 atom stereocenters. The number of halogens is 3. The summed E-state index contributed by atoms with van der Waals surface area (Å²) in [6, 6.07) is 0.725. The highest BCUT2D eigenvalue weighted by molar-refractivity contribution is 5.89. The van der Waals surface area contributed by atoms with Gasteiger partial charge in [-0.25, -0.2) is 9.97 Å². The van der Waals surface area contributed by atoms with Gasteiger partial charge in [-0.1, -0.05) is 0 Å². The molecule has 25 heavy (non-hydrogen) atoms. The van der Waals surface area contributed by atoms with Crippen molar-refractivity contribution in [1.29, 1.82) is 0 Å². The van der Waals surface area contributed by atoms with Crippen molar-refractivity contribution in [1.82, 2.24) is 29.9 Å². The molecule has 1 aliphatic rings. The Morgan fingerprint density at radius 1 is 1.32 bits per heavy atom. The predicted molar refractivity (Wildman–Crippen MR) is 73.5 cm³/mol. The monoisotopic (exact) mass is 349 g/mol. The first-order chi connectivity index (χ1) is 11.9. The molecule has 0 unspecified atom stereocenters. The normalized spacial score (nSPS) is 13.4. The van der Waals surface area contributed by atoms with Crippen LogP contribution < -0.4 is 5.11 Å². The Hall–Kier alpha value is -3.24. The Morgan fingerprint density at radius 3 is 2.84 bits per heavy atom. The minimum Gasteiger partial charge on any atom is -0.543 e. The number of aromatic carboxylic acids is 1. The number of carboxylic acid groups (broad SMARTS) is 1. The lowest BCUT2D eigenvalue weighted by Gasteiger charge is -2.14. The quantitative estimate of drug-likeness (QED) is 0.722. The Morgan fingerprint density at radius 2 is 2.12 bits per heavy atom. The van der Waals surface area contributed by atoms with Gasteiger partial charge in [-0.3, -0.25) is 5.10 Å². The van der Waals surface area contributed by atoms with Crippen LogP contribution in [0.2, 0.25) is 0 Å². The fourth-order valence-electron chi connectivity index (χ4n) is 2.84. The molecule has 8 nitrogen and oxygen atoms in total. The van der Waals surface area contributed by atoms with Crippen molar-refractivity contribution in [2.45, 2.75) is 19.0 Å². The standard InChI is InChI=1S/C14H9F3N6O2/c15-14(16,17)9-3-4-18-13(20-9)23-11-6(10(22-23)12(24)25)1-2-8-7(11)5-19-21-8/h3-5H,1-2H2,(H,19,21)(H,24,25)/p-1. The van der Waals surface area contributed by atoms with Crippen molar-refractivity contribution in [3.63, 3.8) is 0 Å². The van der Waals surface area contributed by atoms with Crippen LogP contribution in [0.25, 0.3) is 17.2 Å². The topological polar surface area (TPSA) is 112 Å². The van der Waals surface area contributed by atoms with E-state index in [-0.39, 0.29) is 11.6 Å². The predicted octanol–water partition coefficient (Wildman–Crippen LogP) is 0.533. The molecule has 0 bridgehead atoms. The number of aryl methyl sites for hydroxylation is 1. The van der Waals surface area contributed by atoms with Gasteiger partial charge in [0.05, 0.1) is 17.9 Å². The zero-order chi connectivity index (χ0) is 17.8. The van der Waals surface area contributed by atoms with Crippen molar-refractivity contribution in [2.75, 3.05) is 0 Å². The molecule has 3 aromatic heterocycles. The Bertz CT molecular complexity index is 991. The van der Waals surface area contributed by atoms with Crippen molar-refractivity contribution in [3.8, 4) is 17.2 Å². The summed E-state index contributed by atoms with van der Waals surface area (Å²) in [6.07, 6.45) is -1.44. The number of fused-ring (bicyclic) bond motifs is 3. The minimum absolute atomic E-state index is 0.300. The Kier molecular flexibility index (Phi) is 3.14. The molecule has 4 rings (SSSR count). The van der Waals surface area contributed by atoms with Crippen LogP contribution in [0.15, 0.2) is 18.5 Å². The molecule has 1 N–H and O–H groups in total. The van der Waals surface area contributed by atoms with E-state index in [0.29, 0.717) is 29.7 Å². The van der Waals surface area contributed by atoms with Gasteiger partial charge in [-0.2, -0.15) is 28.1 Å². The number of carbonyl (C=O) groups excluding carboxylic acids is 1. The maximum atomic E-state index is 12.9. The van der Waals surface area contributed by atoms with Crippen molar-refractivity contribution >= 4 is 5.97 Å². The SMILES string of the molecule is O=C([O-])c1nn(-c2nccc(C(F)(F)F)n2)c2c1CCc1[nH]ncc1-2. The van der Waals surface area contributed by atoms with Crippen LogP contribution in [-0.2, 0) is 19.0 Å². The minimum atomic E-state index is -4.66. The lowest BCUT2D eigenvalue weighted by atomic mass is 9.94. The number of H-pyrrole nitrogens is 1. The summed E-state index contributed by atoms with van der Waals surface area (Å²) < 4.78 is 39.7. The number of hydrogen-bond donors (Lipinski definition) is 1. The molecular formula is C14H8F3N6O2-. The summed E-state index contributed by atoms with van der Waals surface area (Å²) in [4.78, 5) is 18.6. The highest BCUT2D eigenvalue weighted by atomic mass is 19.4. The fraction of sp³-hybridized carbons (Fsp3) is 0.214. The van der Waals surface area contributed by atoms with Crippen molar-refractivity contribution < 1.29 is 23.1 Å². The van der Waals surface area contributed by atoms with E-state index in [2.05, 4.69) is 25.3 Å². The number of nitrogens with zero attached hydrogens (tertiary/aromatic N) is 5. The van der Waals surface area contributed by atoms with E-state index in [0.717, 1.165) is 22.6 Å². The van der Waals surface area contributed by atoms with Gasteiger partial charge in [0.2, 0.25) is 0 Å². The number of carboxylic acids is 1. The van der Waals surface area contributed by atoms with E-state index < -0.39 is 17.8 Å². The van der Waals surface area contributed by atoms with Crippen LogP contribution in [0, 0.1) is 0 Å². The third-order valence-corrected chi connectivity index (χ3v) is 3.90. The van der Waals surface area contributed by atoms with Crippen LogP contribution in [0.1, 0.15) is 27.4 Å². The first kappa shape index (κ1) is 15.3. The number of nitrogens with one attached hydrogen (secondary N) is 1. The average molecular weight is 349 g/mol. The summed E-state index contributed by atoms with van der Waals surface area (Å²) in [6.45, 7) is 0. The van der Waals surface area contributed by atoms with Crippen molar-refractivity contribution in [2.24, 2.45) is 0 Å². The maximum Gasteiger partial charge on any atom is 0.433 e. The second-order valence-electron chi connectivity index (χ2n) is 5.38. The van der Waals surface area contributed by atoms with Gasteiger partial charge in [0, 0.05) is 23.0 Å². The third kappa shape index (κ3) is 2.35. The van der Waals surface area contributed by atoms with Crippen LogP contribution >= 0.6 is 0 Å². The van der Waals surface area contributed by atoms with Gasteiger partial charge in [-0.05, 0) is 18.9 Å². The van der Waals surface area contributed by atoms with E-state index in [9.17, 15) is 23.1 Å². The lowest BCUT2D eigenvalue weighted by Crippen LogP contribution is -2.24. The van der Waals surface area contributed by atoms with Crippen molar-refractivity contribution in [3.05, 3.63) is 41.1 Å². The molecule has 0 amide bonds. The number of carbonyl (C=O) groups is 1. The molecule has 0 saturated heterocycles. The Balaban J connectivity index is 1.97. The second-order valence-corrected chi connectivity index (χ2v) is 5.38. The largest absolute Gasteiger partial charge is 0.543 e. The molecule has 11 heteroatoms. The van der Waals surface area contributed by atoms with Gasteiger partial charge >= 0.3 is 6.18 Å². The van der Waals surface area contributed by atoms with E-state index in [1.54, 1.807) is 0 Å². The summed E-state index contributed by atoms with van der Waals surface area (Å²) in [5.74, 6) is -1.90. The smallest absolute Gasteiger partial charge is 0.433 e. The lowest BCUT2D eigenvalue weighted by molar-refractivity contribution is -0.255. The summed E-state index contributed by atoms with van der Waals surface area (Å²) in [5, 5.41) is 21.9. The molecule has 0 saturated carbocycles. The molecule has 0 radical (unpaired) electrons. The van der Waals surface area contributed by atoms with E-state index >= 15 is 0 Å². The van der Waals surface area contributed by atoms with Crippen LogP contribution in [0.3, 0.4) is 0 Å². The highest BCUT2D eigenvalue weighted by Gasteiger charge is 2.34. The highest BCUT2D eigenvalue weighted by Crippen LogP contribution is 2.35. The Labute approximate surface area is 137 Å². The fourth-order valence-corrected chi connectivity index (χ4v) is 2.84. The van der Waals surface area contributed by atoms with Gasteiger partial charge in [0.25, 0.3) is 5.95 Å². The van der Waals surface area contributed by atoms with Gasteiger partial charge < -0.3 is 9.90 Å². The maximum absolute atomic E-state index is 12.9.